The molecule has 0 saturated carbocycles. The van der Waals surface area contributed by atoms with Gasteiger partial charge in [-0.1, -0.05) is 36.4 Å². The molecule has 1 aromatic heterocycles. The summed E-state index contributed by atoms with van der Waals surface area (Å²) in [5, 5.41) is 5.56. The lowest BCUT2D eigenvalue weighted by atomic mass is 10.0. The Hall–Kier alpha value is -3.14. The van der Waals surface area contributed by atoms with E-state index in [0.717, 1.165) is 35.0 Å². The van der Waals surface area contributed by atoms with Crippen LogP contribution in [-0.2, 0) is 24.1 Å². The van der Waals surface area contributed by atoms with Crippen molar-refractivity contribution in [3.05, 3.63) is 71.6 Å². The van der Waals surface area contributed by atoms with E-state index in [1.165, 1.54) is 16.5 Å². The first-order valence-electron chi connectivity index (χ1n) is 9.46. The largest absolute Gasteiger partial charge is 0.441 e. The van der Waals surface area contributed by atoms with Crippen LogP contribution >= 0.6 is 0 Å². The Morgan fingerprint density at radius 3 is 2.74 bits per heavy atom. The van der Waals surface area contributed by atoms with Crippen LogP contribution in [0.4, 0.5) is 5.69 Å². The minimum atomic E-state index is 0.0322. The third kappa shape index (κ3) is 2.97. The number of rotatable bonds is 5. The minimum Gasteiger partial charge on any atom is -0.441 e. The first kappa shape index (κ1) is 16.1. The predicted octanol–water partition coefficient (Wildman–Crippen LogP) is 5.04. The van der Waals surface area contributed by atoms with Crippen LogP contribution in [0, 0.1) is 0 Å². The van der Waals surface area contributed by atoms with Gasteiger partial charge in [-0.2, -0.15) is 0 Å². The maximum atomic E-state index is 12.4. The van der Waals surface area contributed by atoms with Crippen LogP contribution in [0.15, 0.2) is 59.0 Å². The van der Waals surface area contributed by atoms with E-state index in [0.29, 0.717) is 25.2 Å². The van der Waals surface area contributed by atoms with Gasteiger partial charge < -0.3 is 9.73 Å². The normalized spacial score (nSPS) is 12.7. The number of benzene rings is 3. The third-order valence-electron chi connectivity index (χ3n) is 5.28. The lowest BCUT2D eigenvalue weighted by molar-refractivity contribution is -0.116. The number of aromatic nitrogens is 1. The van der Waals surface area contributed by atoms with Crippen molar-refractivity contribution in [3.8, 4) is 0 Å². The smallest absolute Gasteiger partial charge is 0.224 e. The van der Waals surface area contributed by atoms with Gasteiger partial charge in [-0.25, -0.2) is 4.98 Å². The first-order valence-corrected chi connectivity index (χ1v) is 9.46. The van der Waals surface area contributed by atoms with E-state index in [2.05, 4.69) is 34.6 Å². The standard InChI is InChI=1S/C23H20N2O2/c26-21(9-4-10-22-25-19-7-1-2-8-20(19)27-22)24-18-14-13-16-12-11-15-5-3-6-17(18)23(15)16/h1-3,5-8,13-14H,4,9-12H2,(H,24,26). The van der Waals surface area contributed by atoms with E-state index in [-0.39, 0.29) is 5.91 Å². The van der Waals surface area contributed by atoms with Crippen LogP contribution in [0.1, 0.15) is 29.9 Å². The van der Waals surface area contributed by atoms with Crippen LogP contribution < -0.4 is 5.32 Å². The number of nitrogens with zero attached hydrogens (tertiary/aromatic N) is 1. The Kier molecular flexibility index (Phi) is 3.89. The van der Waals surface area contributed by atoms with Gasteiger partial charge in [0.15, 0.2) is 11.5 Å². The monoisotopic (exact) mass is 356 g/mol. The van der Waals surface area contributed by atoms with Gasteiger partial charge in [0.25, 0.3) is 0 Å². The van der Waals surface area contributed by atoms with E-state index in [9.17, 15) is 4.79 Å². The van der Waals surface area contributed by atoms with Gasteiger partial charge in [0.05, 0.1) is 0 Å². The molecule has 0 aliphatic heterocycles. The molecular weight excluding hydrogens is 336 g/mol. The van der Waals surface area contributed by atoms with Crippen molar-refractivity contribution in [1.29, 1.82) is 0 Å². The van der Waals surface area contributed by atoms with E-state index < -0.39 is 0 Å². The molecule has 27 heavy (non-hydrogen) atoms. The zero-order valence-electron chi connectivity index (χ0n) is 15.0. The molecule has 1 N–H and O–H groups in total. The summed E-state index contributed by atoms with van der Waals surface area (Å²) in [7, 11) is 0. The molecule has 1 aliphatic rings. The number of nitrogens with one attached hydrogen (secondary N) is 1. The predicted molar refractivity (Wildman–Crippen MR) is 107 cm³/mol. The highest BCUT2D eigenvalue weighted by Crippen LogP contribution is 2.35. The first-order chi connectivity index (χ1) is 13.3. The van der Waals surface area contributed by atoms with Crippen molar-refractivity contribution in [2.45, 2.75) is 32.1 Å². The van der Waals surface area contributed by atoms with Gasteiger partial charge in [0.2, 0.25) is 5.91 Å². The van der Waals surface area contributed by atoms with Gasteiger partial charge in [0, 0.05) is 23.9 Å². The Bertz CT molecular complexity index is 1120. The molecule has 0 spiro atoms. The number of fused-ring (bicyclic) bond motifs is 1. The lowest BCUT2D eigenvalue weighted by Gasteiger charge is -2.10. The van der Waals surface area contributed by atoms with Gasteiger partial charge in [0.1, 0.15) is 5.52 Å². The summed E-state index contributed by atoms with van der Waals surface area (Å²) in [5.74, 6) is 0.721. The highest BCUT2D eigenvalue weighted by atomic mass is 16.3. The molecule has 0 fully saturated rings. The summed E-state index contributed by atoms with van der Waals surface area (Å²) in [6.07, 6.45) is 4.00. The fourth-order valence-electron chi connectivity index (χ4n) is 4.00. The number of carbonyl (C=O) groups excluding carboxylic acids is 1. The quantitative estimate of drug-likeness (QED) is 0.545. The molecule has 134 valence electrons. The zero-order valence-corrected chi connectivity index (χ0v) is 15.0. The van der Waals surface area contributed by atoms with Crippen LogP contribution in [0.2, 0.25) is 0 Å². The molecule has 3 aromatic carbocycles. The highest BCUT2D eigenvalue weighted by molar-refractivity contribution is 6.05. The SMILES string of the molecule is O=C(CCCc1nc2ccccc2o1)Nc1ccc2c3c(cccc13)CC2. The van der Waals surface area contributed by atoms with E-state index in [1.54, 1.807) is 0 Å². The Morgan fingerprint density at radius 1 is 1.00 bits per heavy atom. The number of oxazole rings is 1. The maximum Gasteiger partial charge on any atom is 0.224 e. The Morgan fingerprint density at radius 2 is 1.85 bits per heavy atom. The van der Waals surface area contributed by atoms with E-state index in [1.807, 2.05) is 30.3 Å². The molecule has 4 aromatic rings. The second kappa shape index (κ2) is 6.54. The highest BCUT2D eigenvalue weighted by Gasteiger charge is 2.16. The summed E-state index contributed by atoms with van der Waals surface area (Å²) < 4.78 is 5.72. The number of anilines is 1. The molecule has 0 saturated heterocycles. The topological polar surface area (TPSA) is 55.1 Å². The fraction of sp³-hybridized carbons (Fsp3) is 0.217. The number of hydrogen-bond acceptors (Lipinski definition) is 3. The van der Waals surface area contributed by atoms with Crippen molar-refractivity contribution in [2.75, 3.05) is 5.32 Å². The molecule has 0 bridgehead atoms. The van der Waals surface area contributed by atoms with E-state index >= 15 is 0 Å². The molecule has 1 amide bonds. The number of hydrogen-bond donors (Lipinski definition) is 1. The zero-order chi connectivity index (χ0) is 18.2. The third-order valence-corrected chi connectivity index (χ3v) is 5.28. The molecule has 0 radical (unpaired) electrons. The average molecular weight is 356 g/mol. The minimum absolute atomic E-state index is 0.0322. The van der Waals surface area contributed by atoms with Crippen LogP contribution in [-0.4, -0.2) is 10.9 Å². The van der Waals surface area contributed by atoms with Crippen LogP contribution in [0.25, 0.3) is 21.9 Å². The van der Waals surface area contributed by atoms with Gasteiger partial charge in [-0.3, -0.25) is 4.79 Å². The van der Waals surface area contributed by atoms with Gasteiger partial charge in [-0.05, 0) is 54.0 Å². The van der Waals surface area contributed by atoms with Gasteiger partial charge in [-0.15, -0.1) is 0 Å². The van der Waals surface area contributed by atoms with Crippen molar-refractivity contribution in [1.82, 2.24) is 4.98 Å². The van der Waals surface area contributed by atoms with Crippen LogP contribution in [0.3, 0.4) is 0 Å². The number of para-hydroxylation sites is 2. The fourth-order valence-corrected chi connectivity index (χ4v) is 4.00. The maximum absolute atomic E-state index is 12.4. The second-order valence-electron chi connectivity index (χ2n) is 7.09. The lowest BCUT2D eigenvalue weighted by Crippen LogP contribution is -2.12. The summed E-state index contributed by atoms with van der Waals surface area (Å²) >= 11 is 0. The summed E-state index contributed by atoms with van der Waals surface area (Å²) in [4.78, 5) is 16.9. The summed E-state index contributed by atoms with van der Waals surface area (Å²) in [6, 6.07) is 18.3. The second-order valence-corrected chi connectivity index (χ2v) is 7.09. The Labute approximate surface area is 157 Å². The van der Waals surface area contributed by atoms with Crippen molar-refractivity contribution in [3.63, 3.8) is 0 Å². The molecule has 4 heteroatoms. The molecule has 0 unspecified atom stereocenters. The summed E-state index contributed by atoms with van der Waals surface area (Å²) in [6.45, 7) is 0. The Balaban J connectivity index is 1.25. The molecule has 1 aliphatic carbocycles. The van der Waals surface area contributed by atoms with Gasteiger partial charge >= 0.3 is 0 Å². The number of aryl methyl sites for hydroxylation is 3. The molecule has 5 rings (SSSR count). The van der Waals surface area contributed by atoms with E-state index in [4.69, 9.17) is 4.42 Å². The van der Waals surface area contributed by atoms with Crippen LogP contribution in [0.5, 0.6) is 0 Å². The summed E-state index contributed by atoms with van der Waals surface area (Å²) in [5.41, 5.74) is 5.34. The number of carbonyl (C=O) groups is 1. The average Bonchev–Trinajstić information content (AvgIpc) is 3.29. The molecule has 0 atom stereocenters. The van der Waals surface area contributed by atoms with Crippen molar-refractivity contribution < 1.29 is 9.21 Å². The van der Waals surface area contributed by atoms with Crippen molar-refractivity contribution >= 4 is 33.5 Å². The number of amides is 1. The van der Waals surface area contributed by atoms with Crippen molar-refractivity contribution in [2.24, 2.45) is 0 Å². The molecule has 4 nitrogen and oxygen atoms in total. The molecular formula is C23H20N2O2. The molecule has 1 heterocycles.